The number of ether oxygens (including phenoxy) is 1. The molecule has 3 unspecified atom stereocenters. The van der Waals surface area contributed by atoms with E-state index in [9.17, 15) is 14.6 Å². The predicted molar refractivity (Wildman–Crippen MR) is 192 cm³/mol. The van der Waals surface area contributed by atoms with Crippen molar-refractivity contribution >= 4 is 38.4 Å². The smallest absolute Gasteiger partial charge is 0.319 e. The van der Waals surface area contributed by atoms with E-state index in [1.807, 2.05) is 0 Å². The van der Waals surface area contributed by atoms with Crippen molar-refractivity contribution in [1.82, 2.24) is 29.5 Å². The molecule has 52 heavy (non-hydrogen) atoms. The number of terminal acetylenes is 1. The van der Waals surface area contributed by atoms with Gasteiger partial charge in [-0.3, -0.25) is 14.5 Å². The van der Waals surface area contributed by atoms with Crippen LogP contribution in [0.25, 0.3) is 43.7 Å². The SMILES string of the molecule is C#Cc1c(F)ccc2cc(O)cc(-c3c(F)c4nc(OCC56CCCN5C[C@H](F)C6)nc(N5C6CCC5CN(C[C@@H](C)O)C6)c4c4cn(C)nc34)c12. The number of aliphatic hydroxyl groups is 1. The second kappa shape index (κ2) is 12.2. The number of halogens is 3. The van der Waals surface area contributed by atoms with E-state index in [0.29, 0.717) is 54.6 Å². The largest absolute Gasteiger partial charge is 0.508 e. The number of phenols is 1. The number of alkyl halides is 1. The van der Waals surface area contributed by atoms with Gasteiger partial charge in [-0.05, 0) is 68.3 Å². The zero-order chi connectivity index (χ0) is 36.1. The lowest BCUT2D eigenvalue weighted by molar-refractivity contribution is 0.107. The molecule has 270 valence electrons. The summed E-state index contributed by atoms with van der Waals surface area (Å²) < 4.78 is 55.6. The molecule has 0 saturated carbocycles. The molecule has 0 radical (unpaired) electrons. The average Bonchev–Trinajstić information content (AvgIpc) is 3.82. The molecule has 4 fully saturated rings. The Morgan fingerprint density at radius 2 is 1.88 bits per heavy atom. The van der Waals surface area contributed by atoms with Crippen molar-refractivity contribution in [1.29, 1.82) is 0 Å². The van der Waals surface area contributed by atoms with Crippen LogP contribution in [0.1, 0.15) is 44.6 Å². The normalized spacial score (nSPS) is 25.4. The van der Waals surface area contributed by atoms with Gasteiger partial charge < -0.3 is 19.8 Å². The fourth-order valence-electron chi connectivity index (χ4n) is 9.68. The molecule has 2 N–H and O–H groups in total. The van der Waals surface area contributed by atoms with E-state index < -0.39 is 29.4 Å². The number of aromatic hydroxyl groups is 1. The van der Waals surface area contributed by atoms with E-state index in [-0.39, 0.29) is 63.6 Å². The minimum Gasteiger partial charge on any atom is -0.508 e. The third kappa shape index (κ3) is 5.17. The maximum absolute atomic E-state index is 17.7. The van der Waals surface area contributed by atoms with Crippen LogP contribution in [0.15, 0.2) is 30.5 Å². The number of hydrogen-bond donors (Lipinski definition) is 2. The van der Waals surface area contributed by atoms with Gasteiger partial charge in [0.25, 0.3) is 0 Å². The highest BCUT2D eigenvalue weighted by Crippen LogP contribution is 2.47. The zero-order valence-electron chi connectivity index (χ0n) is 29.1. The number of phenolic OH excluding ortho intramolecular Hbond substituents is 1. The summed E-state index contributed by atoms with van der Waals surface area (Å²) in [5.74, 6) is 1.42. The van der Waals surface area contributed by atoms with Gasteiger partial charge in [0.1, 0.15) is 41.2 Å². The summed E-state index contributed by atoms with van der Waals surface area (Å²) >= 11 is 0. The van der Waals surface area contributed by atoms with Crippen molar-refractivity contribution < 1.29 is 28.1 Å². The van der Waals surface area contributed by atoms with Gasteiger partial charge in [0.05, 0.1) is 22.6 Å². The summed E-state index contributed by atoms with van der Waals surface area (Å²) in [7, 11) is 1.74. The first kappa shape index (κ1) is 33.2. The Morgan fingerprint density at radius 3 is 2.63 bits per heavy atom. The van der Waals surface area contributed by atoms with Crippen molar-refractivity contribution in [3.05, 3.63) is 47.7 Å². The Morgan fingerprint density at radius 1 is 1.10 bits per heavy atom. The van der Waals surface area contributed by atoms with E-state index in [1.54, 1.807) is 24.9 Å². The molecule has 13 heteroatoms. The van der Waals surface area contributed by atoms with Crippen LogP contribution in [-0.2, 0) is 7.05 Å². The van der Waals surface area contributed by atoms with Crippen molar-refractivity contribution in [3.8, 4) is 35.2 Å². The number of benzene rings is 3. The van der Waals surface area contributed by atoms with Crippen LogP contribution >= 0.6 is 0 Å². The summed E-state index contributed by atoms with van der Waals surface area (Å²) in [5.41, 5.74) is -0.0594. The number of aryl methyl sites for hydroxylation is 1. The van der Waals surface area contributed by atoms with E-state index in [2.05, 4.69) is 20.6 Å². The van der Waals surface area contributed by atoms with Gasteiger partial charge in [0.2, 0.25) is 0 Å². The second-order valence-corrected chi connectivity index (χ2v) is 15.2. The molecule has 5 aromatic rings. The van der Waals surface area contributed by atoms with Crippen LogP contribution < -0.4 is 9.64 Å². The van der Waals surface area contributed by atoms with Gasteiger partial charge in [-0.2, -0.15) is 15.1 Å². The molecule has 2 bridgehead atoms. The molecule has 0 spiro atoms. The molecular weight excluding hydrogens is 671 g/mol. The number of aromatic nitrogens is 4. The lowest BCUT2D eigenvalue weighted by Crippen LogP contribution is -2.55. The zero-order valence-corrected chi connectivity index (χ0v) is 29.1. The molecule has 9 rings (SSSR count). The van der Waals surface area contributed by atoms with Crippen molar-refractivity contribution in [2.75, 3.05) is 44.2 Å². The minimum atomic E-state index is -0.945. The predicted octanol–water partition coefficient (Wildman–Crippen LogP) is 5.29. The molecule has 0 amide bonds. The molecule has 4 saturated heterocycles. The summed E-state index contributed by atoms with van der Waals surface area (Å²) in [6.45, 7) is 5.06. The quantitative estimate of drug-likeness (QED) is 0.218. The number of β-amino-alcohol motifs (C(OH)–C–C–N with tert-alkyl or cyclic N) is 1. The fourth-order valence-corrected chi connectivity index (χ4v) is 9.68. The molecule has 10 nitrogen and oxygen atoms in total. The third-order valence-electron chi connectivity index (χ3n) is 11.7. The lowest BCUT2D eigenvalue weighted by atomic mass is 9.91. The Bertz CT molecular complexity index is 2290. The number of hydrogen-bond acceptors (Lipinski definition) is 9. The standard InChI is InChI=1S/C39H40F3N7O3/c1-4-27-30(41)9-6-22-12-26(51)13-28(31(22)27)32-34(42)36-33(29-19-46(3)45-35(29)32)37(49-24-7-8-25(49)18-47(17-24)15-21(2)50)44-38(43-36)52-20-39-10-5-11-48(39)16-23(40)14-39/h1,6,9,12-13,19,21,23-25,50-51H,5,7-8,10-11,14-18,20H2,2-3H3/t21-,23-,24?,25?,39?/m1/s1. The summed E-state index contributed by atoms with van der Waals surface area (Å²) in [6, 6.07) is 5.64. The van der Waals surface area contributed by atoms with Crippen molar-refractivity contribution in [2.45, 2.75) is 68.9 Å². The maximum atomic E-state index is 17.7. The molecule has 3 aromatic carbocycles. The molecule has 4 aliphatic rings. The second-order valence-electron chi connectivity index (χ2n) is 15.2. The molecule has 6 heterocycles. The topological polar surface area (TPSA) is 103 Å². The number of likely N-dealkylation sites (tertiary alicyclic amines) is 1. The fraction of sp³-hybridized carbons (Fsp3) is 0.462. The van der Waals surface area contributed by atoms with Crippen LogP contribution in [-0.4, -0.2) is 109 Å². The average molecular weight is 712 g/mol. The van der Waals surface area contributed by atoms with Gasteiger partial charge in [0, 0.05) is 74.3 Å². The third-order valence-corrected chi connectivity index (χ3v) is 11.7. The van der Waals surface area contributed by atoms with E-state index in [1.165, 1.54) is 24.3 Å². The van der Waals surface area contributed by atoms with Gasteiger partial charge in [0.15, 0.2) is 5.82 Å². The number of rotatable bonds is 7. The van der Waals surface area contributed by atoms with Crippen LogP contribution in [0.3, 0.4) is 0 Å². The van der Waals surface area contributed by atoms with Crippen molar-refractivity contribution in [3.63, 3.8) is 0 Å². The van der Waals surface area contributed by atoms with Crippen molar-refractivity contribution in [2.24, 2.45) is 7.05 Å². The van der Waals surface area contributed by atoms with E-state index >= 15 is 8.78 Å². The van der Waals surface area contributed by atoms with Crippen LogP contribution in [0, 0.1) is 24.0 Å². The summed E-state index contributed by atoms with van der Waals surface area (Å²) in [4.78, 5) is 16.5. The Kier molecular flexibility index (Phi) is 7.80. The number of nitrogens with zero attached hydrogens (tertiary/aromatic N) is 7. The van der Waals surface area contributed by atoms with Gasteiger partial charge in [-0.1, -0.05) is 12.0 Å². The van der Waals surface area contributed by atoms with E-state index in [0.717, 1.165) is 32.2 Å². The highest BCUT2D eigenvalue weighted by atomic mass is 19.1. The number of piperazine rings is 1. The van der Waals surface area contributed by atoms with Crippen LogP contribution in [0.4, 0.5) is 19.0 Å². The van der Waals surface area contributed by atoms with Crippen LogP contribution in [0.5, 0.6) is 11.8 Å². The molecule has 4 aliphatic heterocycles. The first-order chi connectivity index (χ1) is 25.0. The summed E-state index contributed by atoms with van der Waals surface area (Å²) in [6.07, 6.45) is 10.1. The number of anilines is 1. The Balaban J connectivity index is 1.28. The van der Waals surface area contributed by atoms with Gasteiger partial charge in [-0.15, -0.1) is 6.42 Å². The molecule has 5 atom stereocenters. The Labute approximate surface area is 298 Å². The first-order valence-corrected chi connectivity index (χ1v) is 18.0. The molecule has 0 aliphatic carbocycles. The number of aliphatic hydroxyl groups excluding tert-OH is 1. The van der Waals surface area contributed by atoms with Gasteiger partial charge in [-0.25, -0.2) is 13.2 Å². The Hall–Kier alpha value is -4.64. The molecular formula is C39H40F3N7O3. The minimum absolute atomic E-state index is 0.00738. The van der Waals surface area contributed by atoms with E-state index in [4.69, 9.17) is 26.2 Å². The first-order valence-electron chi connectivity index (χ1n) is 18.0. The summed E-state index contributed by atoms with van der Waals surface area (Å²) in [5, 5.41) is 27.5. The maximum Gasteiger partial charge on any atom is 0.319 e. The van der Waals surface area contributed by atoms with Gasteiger partial charge >= 0.3 is 6.01 Å². The molecule has 2 aromatic heterocycles. The number of fused-ring (bicyclic) bond motifs is 7. The monoisotopic (exact) mass is 711 g/mol. The van der Waals surface area contributed by atoms with Crippen LogP contribution in [0.2, 0.25) is 0 Å². The lowest BCUT2D eigenvalue weighted by Gasteiger charge is -2.42. The highest BCUT2D eigenvalue weighted by molar-refractivity contribution is 6.18. The highest BCUT2D eigenvalue weighted by Gasteiger charge is 2.50.